The second-order valence-electron chi connectivity index (χ2n) is 6.82. The number of carbonyl (C=O) groups excluding carboxylic acids is 1. The molecule has 1 aliphatic rings. The zero-order chi connectivity index (χ0) is 18.7. The van der Waals surface area contributed by atoms with Crippen molar-refractivity contribution in [1.29, 1.82) is 0 Å². The van der Waals surface area contributed by atoms with E-state index >= 15 is 0 Å². The molecule has 0 radical (unpaired) electrons. The maximum absolute atomic E-state index is 12.6. The largest absolute Gasteiger partial charge is 0.348 e. The van der Waals surface area contributed by atoms with Crippen molar-refractivity contribution >= 4 is 21.6 Å². The van der Waals surface area contributed by atoms with Gasteiger partial charge in [0, 0.05) is 0 Å². The molecule has 1 N–H and O–H groups in total. The van der Waals surface area contributed by atoms with Crippen LogP contribution in [0.2, 0.25) is 0 Å². The smallest absolute Gasteiger partial charge is 0.241 e. The van der Waals surface area contributed by atoms with Crippen LogP contribution in [0.1, 0.15) is 35.6 Å². The molecular weight excluding hydrogens is 348 g/mol. The number of nitrogens with one attached hydrogen (secondary N) is 1. The molecule has 0 bridgehead atoms. The van der Waals surface area contributed by atoms with Gasteiger partial charge in [0.1, 0.15) is 6.54 Å². The molecule has 5 nitrogen and oxygen atoms in total. The molecule has 138 valence electrons. The van der Waals surface area contributed by atoms with E-state index in [1.54, 1.807) is 18.2 Å². The minimum Gasteiger partial charge on any atom is -0.348 e. The van der Waals surface area contributed by atoms with Crippen molar-refractivity contribution in [2.24, 2.45) is 0 Å². The van der Waals surface area contributed by atoms with Gasteiger partial charge in [-0.2, -0.15) is 0 Å². The first kappa shape index (κ1) is 18.5. The van der Waals surface area contributed by atoms with Crippen LogP contribution in [0.25, 0.3) is 0 Å². The molecule has 0 saturated carbocycles. The number of nitrogens with zero attached hydrogens (tertiary/aromatic N) is 1. The van der Waals surface area contributed by atoms with Crippen LogP contribution in [0.3, 0.4) is 0 Å². The lowest BCUT2D eigenvalue weighted by atomic mass is 9.88. The molecule has 0 aliphatic heterocycles. The molecule has 0 fully saturated rings. The van der Waals surface area contributed by atoms with Gasteiger partial charge in [-0.1, -0.05) is 36.4 Å². The topological polar surface area (TPSA) is 66.5 Å². The summed E-state index contributed by atoms with van der Waals surface area (Å²) < 4.78 is 25.6. The molecule has 2 aromatic carbocycles. The Morgan fingerprint density at radius 2 is 1.96 bits per heavy atom. The van der Waals surface area contributed by atoms with Crippen molar-refractivity contribution in [1.82, 2.24) is 5.32 Å². The third kappa shape index (κ3) is 4.25. The molecule has 26 heavy (non-hydrogen) atoms. The van der Waals surface area contributed by atoms with E-state index in [4.69, 9.17) is 0 Å². The minimum absolute atomic E-state index is 0.0635. The van der Waals surface area contributed by atoms with Gasteiger partial charge in [-0.3, -0.25) is 9.10 Å². The number of hydrogen-bond acceptors (Lipinski definition) is 3. The van der Waals surface area contributed by atoms with Crippen molar-refractivity contribution in [3.05, 3.63) is 65.2 Å². The lowest BCUT2D eigenvalue weighted by Crippen LogP contribution is -2.42. The molecule has 1 aliphatic carbocycles. The van der Waals surface area contributed by atoms with E-state index in [-0.39, 0.29) is 18.5 Å². The number of benzene rings is 2. The van der Waals surface area contributed by atoms with Gasteiger partial charge >= 0.3 is 0 Å². The van der Waals surface area contributed by atoms with E-state index in [2.05, 4.69) is 11.4 Å². The monoisotopic (exact) mass is 372 g/mol. The Morgan fingerprint density at radius 3 is 2.69 bits per heavy atom. The number of rotatable bonds is 5. The van der Waals surface area contributed by atoms with E-state index in [1.807, 2.05) is 31.2 Å². The summed E-state index contributed by atoms with van der Waals surface area (Å²) in [7, 11) is -3.56. The second kappa shape index (κ2) is 7.50. The molecular formula is C20H24N2O3S. The third-order valence-corrected chi connectivity index (χ3v) is 5.82. The molecule has 6 heteroatoms. The number of sulfonamides is 1. The molecule has 1 unspecified atom stereocenters. The summed E-state index contributed by atoms with van der Waals surface area (Å²) in [6.07, 6.45) is 4.02. The van der Waals surface area contributed by atoms with Crippen molar-refractivity contribution in [2.45, 2.75) is 32.2 Å². The number of anilines is 1. The van der Waals surface area contributed by atoms with Crippen LogP contribution in [-0.4, -0.2) is 27.1 Å². The Morgan fingerprint density at radius 1 is 1.19 bits per heavy atom. The van der Waals surface area contributed by atoms with Gasteiger partial charge < -0.3 is 5.32 Å². The first-order valence-corrected chi connectivity index (χ1v) is 10.6. The average Bonchev–Trinajstić information content (AvgIpc) is 2.59. The van der Waals surface area contributed by atoms with Gasteiger partial charge in [0.05, 0.1) is 18.0 Å². The normalized spacial score (nSPS) is 16.6. The van der Waals surface area contributed by atoms with E-state index in [1.165, 1.54) is 5.56 Å². The van der Waals surface area contributed by atoms with Crippen LogP contribution in [-0.2, 0) is 21.2 Å². The molecule has 0 saturated heterocycles. The molecule has 1 atom stereocenters. The van der Waals surface area contributed by atoms with E-state index < -0.39 is 10.0 Å². The van der Waals surface area contributed by atoms with E-state index in [0.29, 0.717) is 5.69 Å². The number of carbonyl (C=O) groups is 1. The van der Waals surface area contributed by atoms with E-state index in [0.717, 1.165) is 41.0 Å². The Hall–Kier alpha value is -2.34. The van der Waals surface area contributed by atoms with Gasteiger partial charge in [0.25, 0.3) is 0 Å². The highest BCUT2D eigenvalue weighted by Crippen LogP contribution is 2.29. The Bertz CT molecular complexity index is 909. The zero-order valence-electron chi connectivity index (χ0n) is 15.1. The van der Waals surface area contributed by atoms with Crippen molar-refractivity contribution in [3.63, 3.8) is 0 Å². The fourth-order valence-corrected chi connectivity index (χ4v) is 4.31. The van der Waals surface area contributed by atoms with Crippen molar-refractivity contribution in [3.8, 4) is 0 Å². The molecule has 2 aromatic rings. The predicted octanol–water partition coefficient (Wildman–Crippen LogP) is 2.95. The highest BCUT2D eigenvalue weighted by molar-refractivity contribution is 7.92. The highest BCUT2D eigenvalue weighted by atomic mass is 32.2. The second-order valence-corrected chi connectivity index (χ2v) is 8.73. The van der Waals surface area contributed by atoms with Crippen LogP contribution in [0.4, 0.5) is 5.69 Å². The fraction of sp³-hybridized carbons (Fsp3) is 0.350. The summed E-state index contributed by atoms with van der Waals surface area (Å²) in [6.45, 7) is 1.67. The number of amides is 1. The lowest BCUT2D eigenvalue weighted by molar-refractivity contribution is -0.120. The SMILES string of the molecule is Cc1cccc(N(CC(=O)NC2CCCc3ccccc32)S(C)(=O)=O)c1. The van der Waals surface area contributed by atoms with Crippen molar-refractivity contribution in [2.75, 3.05) is 17.1 Å². The van der Waals surface area contributed by atoms with Crippen molar-refractivity contribution < 1.29 is 13.2 Å². The minimum atomic E-state index is -3.56. The van der Waals surface area contributed by atoms with E-state index in [9.17, 15) is 13.2 Å². The average molecular weight is 372 g/mol. The van der Waals surface area contributed by atoms with Gasteiger partial charge in [0.15, 0.2) is 0 Å². The van der Waals surface area contributed by atoms with Crippen LogP contribution < -0.4 is 9.62 Å². The van der Waals surface area contributed by atoms with Gasteiger partial charge in [-0.25, -0.2) is 8.42 Å². The van der Waals surface area contributed by atoms with Gasteiger partial charge in [0.2, 0.25) is 15.9 Å². The summed E-state index contributed by atoms with van der Waals surface area (Å²) in [6, 6.07) is 15.2. The number of aryl methyl sites for hydroxylation is 2. The summed E-state index contributed by atoms with van der Waals surface area (Å²) in [4.78, 5) is 12.6. The zero-order valence-corrected chi connectivity index (χ0v) is 15.9. The molecule has 1 amide bonds. The first-order valence-electron chi connectivity index (χ1n) is 8.76. The Balaban J connectivity index is 1.77. The summed E-state index contributed by atoms with van der Waals surface area (Å²) in [5, 5.41) is 3.02. The third-order valence-electron chi connectivity index (χ3n) is 4.68. The Kier molecular flexibility index (Phi) is 5.32. The van der Waals surface area contributed by atoms with Crippen LogP contribution in [0, 0.1) is 6.92 Å². The van der Waals surface area contributed by atoms with Crippen LogP contribution in [0.15, 0.2) is 48.5 Å². The predicted molar refractivity (Wildman–Crippen MR) is 104 cm³/mol. The molecule has 0 heterocycles. The number of hydrogen-bond donors (Lipinski definition) is 1. The lowest BCUT2D eigenvalue weighted by Gasteiger charge is -2.28. The number of fused-ring (bicyclic) bond motifs is 1. The standard InChI is InChI=1S/C20H24N2O3S/c1-15-7-5-10-17(13-15)22(26(2,24)25)14-20(23)21-19-12-6-9-16-8-3-4-11-18(16)19/h3-5,7-8,10-11,13,19H,6,9,12,14H2,1-2H3,(H,21,23). The summed E-state index contributed by atoms with van der Waals surface area (Å²) >= 11 is 0. The fourth-order valence-electron chi connectivity index (χ4n) is 3.46. The molecule has 0 spiro atoms. The summed E-state index contributed by atoms with van der Waals surface area (Å²) in [5.74, 6) is -0.293. The van der Waals surface area contributed by atoms with Gasteiger partial charge in [-0.05, 0) is 55.0 Å². The van der Waals surface area contributed by atoms with Crippen LogP contribution >= 0.6 is 0 Å². The quantitative estimate of drug-likeness (QED) is 0.877. The maximum atomic E-state index is 12.6. The highest BCUT2D eigenvalue weighted by Gasteiger charge is 2.25. The molecule has 3 rings (SSSR count). The summed E-state index contributed by atoms with van der Waals surface area (Å²) in [5.41, 5.74) is 3.83. The Labute approximate surface area is 155 Å². The van der Waals surface area contributed by atoms with Crippen LogP contribution in [0.5, 0.6) is 0 Å². The molecule has 0 aromatic heterocycles. The maximum Gasteiger partial charge on any atom is 0.241 e. The van der Waals surface area contributed by atoms with Gasteiger partial charge in [-0.15, -0.1) is 0 Å². The first-order chi connectivity index (χ1) is 12.3.